The molecule has 0 saturated carbocycles. The number of hydrogen-bond acceptors (Lipinski definition) is 4. The number of carboxylic acid groups (broad SMARTS) is 1. The Hall–Kier alpha value is -2.01. The Labute approximate surface area is 122 Å². The Morgan fingerprint density at radius 1 is 1.20 bits per heavy atom. The van der Waals surface area contributed by atoms with Crippen molar-refractivity contribution in [3.63, 3.8) is 0 Å². The van der Waals surface area contributed by atoms with Gasteiger partial charge in [-0.15, -0.1) is 0 Å². The SMILES string of the molecule is CC(C)c1ccc(Sc2nc(C(=O)O)ccc2N)cc1. The van der Waals surface area contributed by atoms with Crippen LogP contribution in [0.5, 0.6) is 0 Å². The number of aromatic nitrogens is 1. The Kier molecular flexibility index (Phi) is 4.29. The molecule has 0 saturated heterocycles. The van der Waals surface area contributed by atoms with E-state index >= 15 is 0 Å². The van der Waals surface area contributed by atoms with Crippen LogP contribution in [0.1, 0.15) is 35.8 Å². The van der Waals surface area contributed by atoms with Gasteiger partial charge in [0, 0.05) is 4.90 Å². The molecule has 3 N–H and O–H groups in total. The van der Waals surface area contributed by atoms with E-state index in [9.17, 15) is 4.79 Å². The van der Waals surface area contributed by atoms with Gasteiger partial charge in [0.1, 0.15) is 10.7 Å². The standard InChI is InChI=1S/C15H16N2O2S/c1-9(2)10-3-5-11(6-4-10)20-14-12(16)7-8-13(17-14)15(18)19/h3-9H,16H2,1-2H3,(H,18,19). The zero-order valence-corrected chi connectivity index (χ0v) is 12.1. The van der Waals surface area contributed by atoms with E-state index in [0.717, 1.165) is 4.90 Å². The number of pyridine rings is 1. The third-order valence-corrected chi connectivity index (χ3v) is 3.90. The fourth-order valence-electron chi connectivity index (χ4n) is 1.68. The van der Waals surface area contributed by atoms with Gasteiger partial charge in [0.2, 0.25) is 0 Å². The number of aromatic carboxylic acids is 1. The molecule has 5 heteroatoms. The van der Waals surface area contributed by atoms with E-state index in [1.54, 1.807) is 6.07 Å². The molecule has 1 aromatic carbocycles. The molecule has 0 aliphatic heterocycles. The quantitative estimate of drug-likeness (QED) is 0.898. The van der Waals surface area contributed by atoms with Crippen LogP contribution in [0.15, 0.2) is 46.3 Å². The van der Waals surface area contributed by atoms with E-state index in [2.05, 4.69) is 31.0 Å². The lowest BCUT2D eigenvalue weighted by atomic mass is 10.0. The van der Waals surface area contributed by atoms with Crippen molar-refractivity contribution in [2.45, 2.75) is 29.7 Å². The zero-order valence-electron chi connectivity index (χ0n) is 11.3. The highest BCUT2D eigenvalue weighted by Gasteiger charge is 2.10. The van der Waals surface area contributed by atoms with Gasteiger partial charge in [-0.25, -0.2) is 9.78 Å². The van der Waals surface area contributed by atoms with E-state index in [1.807, 2.05) is 12.1 Å². The molecule has 0 atom stereocenters. The van der Waals surface area contributed by atoms with Crippen LogP contribution >= 0.6 is 11.8 Å². The molecule has 0 aliphatic carbocycles. The molecule has 1 heterocycles. The Morgan fingerprint density at radius 2 is 1.85 bits per heavy atom. The summed E-state index contributed by atoms with van der Waals surface area (Å²) >= 11 is 1.37. The summed E-state index contributed by atoms with van der Waals surface area (Å²) in [5.74, 6) is -0.574. The van der Waals surface area contributed by atoms with Gasteiger partial charge in [-0.2, -0.15) is 0 Å². The van der Waals surface area contributed by atoms with Gasteiger partial charge in [0.05, 0.1) is 5.69 Å². The van der Waals surface area contributed by atoms with Crippen molar-refractivity contribution in [1.29, 1.82) is 0 Å². The number of anilines is 1. The predicted molar refractivity (Wildman–Crippen MR) is 80.3 cm³/mol. The number of nitrogens with two attached hydrogens (primary N) is 1. The Bertz CT molecular complexity index is 624. The van der Waals surface area contributed by atoms with Crippen molar-refractivity contribution in [2.24, 2.45) is 0 Å². The Balaban J connectivity index is 2.25. The molecule has 4 nitrogen and oxygen atoms in total. The average molecular weight is 288 g/mol. The van der Waals surface area contributed by atoms with Gasteiger partial charge in [-0.1, -0.05) is 37.7 Å². The van der Waals surface area contributed by atoms with E-state index < -0.39 is 5.97 Å². The van der Waals surface area contributed by atoms with Crippen molar-refractivity contribution in [1.82, 2.24) is 4.98 Å². The van der Waals surface area contributed by atoms with Crippen molar-refractivity contribution in [3.8, 4) is 0 Å². The average Bonchev–Trinajstić information content (AvgIpc) is 2.41. The lowest BCUT2D eigenvalue weighted by Gasteiger charge is -2.08. The second-order valence-electron chi connectivity index (χ2n) is 4.72. The molecule has 0 amide bonds. The third kappa shape index (κ3) is 3.30. The molecular formula is C15H16N2O2S. The van der Waals surface area contributed by atoms with Crippen molar-refractivity contribution in [3.05, 3.63) is 47.7 Å². The van der Waals surface area contributed by atoms with Crippen LogP contribution in [-0.2, 0) is 0 Å². The molecule has 2 rings (SSSR count). The fraction of sp³-hybridized carbons (Fsp3) is 0.200. The first-order valence-electron chi connectivity index (χ1n) is 6.25. The molecule has 0 spiro atoms. The summed E-state index contributed by atoms with van der Waals surface area (Å²) in [4.78, 5) is 16.0. The van der Waals surface area contributed by atoms with Crippen molar-refractivity contribution < 1.29 is 9.90 Å². The van der Waals surface area contributed by atoms with Crippen LogP contribution in [-0.4, -0.2) is 16.1 Å². The fourth-order valence-corrected chi connectivity index (χ4v) is 2.51. The second-order valence-corrected chi connectivity index (χ2v) is 5.78. The maximum Gasteiger partial charge on any atom is 0.354 e. The van der Waals surface area contributed by atoms with Crippen LogP contribution in [0.2, 0.25) is 0 Å². The molecule has 0 radical (unpaired) electrons. The summed E-state index contributed by atoms with van der Waals surface area (Å²) in [6, 6.07) is 11.1. The minimum atomic E-state index is -1.05. The first-order valence-corrected chi connectivity index (χ1v) is 7.06. The molecule has 20 heavy (non-hydrogen) atoms. The van der Waals surface area contributed by atoms with Gasteiger partial charge in [-0.05, 0) is 35.7 Å². The highest BCUT2D eigenvalue weighted by Crippen LogP contribution is 2.31. The highest BCUT2D eigenvalue weighted by atomic mass is 32.2. The molecule has 104 valence electrons. The zero-order chi connectivity index (χ0) is 14.7. The van der Waals surface area contributed by atoms with Crippen LogP contribution < -0.4 is 5.73 Å². The van der Waals surface area contributed by atoms with E-state index in [1.165, 1.54) is 23.4 Å². The summed E-state index contributed by atoms with van der Waals surface area (Å²) in [5, 5.41) is 9.47. The summed E-state index contributed by atoms with van der Waals surface area (Å²) in [7, 11) is 0. The van der Waals surface area contributed by atoms with E-state index in [0.29, 0.717) is 16.6 Å². The third-order valence-electron chi connectivity index (χ3n) is 2.87. The van der Waals surface area contributed by atoms with E-state index in [-0.39, 0.29) is 5.69 Å². The minimum Gasteiger partial charge on any atom is -0.477 e. The normalized spacial score (nSPS) is 10.8. The maximum atomic E-state index is 10.9. The van der Waals surface area contributed by atoms with Crippen LogP contribution in [0.25, 0.3) is 0 Å². The van der Waals surface area contributed by atoms with Crippen LogP contribution in [0.3, 0.4) is 0 Å². The van der Waals surface area contributed by atoms with Crippen LogP contribution in [0.4, 0.5) is 5.69 Å². The summed E-state index contributed by atoms with van der Waals surface area (Å²) in [6.45, 7) is 4.27. The first-order chi connectivity index (χ1) is 9.47. The molecule has 0 aliphatic rings. The number of nitrogens with zero attached hydrogens (tertiary/aromatic N) is 1. The van der Waals surface area contributed by atoms with Gasteiger partial charge in [0.25, 0.3) is 0 Å². The maximum absolute atomic E-state index is 10.9. The second kappa shape index (κ2) is 5.96. The monoisotopic (exact) mass is 288 g/mol. The number of rotatable bonds is 4. The van der Waals surface area contributed by atoms with Gasteiger partial charge in [-0.3, -0.25) is 0 Å². The summed E-state index contributed by atoms with van der Waals surface area (Å²) in [6.07, 6.45) is 0. The number of benzene rings is 1. The molecular weight excluding hydrogens is 272 g/mol. The topological polar surface area (TPSA) is 76.2 Å². The molecule has 0 fully saturated rings. The summed E-state index contributed by atoms with van der Waals surface area (Å²) < 4.78 is 0. The van der Waals surface area contributed by atoms with Gasteiger partial charge < -0.3 is 10.8 Å². The van der Waals surface area contributed by atoms with Crippen molar-refractivity contribution >= 4 is 23.4 Å². The molecule has 1 aromatic heterocycles. The first kappa shape index (κ1) is 14.4. The number of nitrogen functional groups attached to an aromatic ring is 1. The van der Waals surface area contributed by atoms with Gasteiger partial charge in [0.15, 0.2) is 0 Å². The minimum absolute atomic E-state index is 0.000463. The number of carboxylic acids is 1. The van der Waals surface area contributed by atoms with E-state index in [4.69, 9.17) is 10.8 Å². The lowest BCUT2D eigenvalue weighted by molar-refractivity contribution is 0.0690. The highest BCUT2D eigenvalue weighted by molar-refractivity contribution is 7.99. The van der Waals surface area contributed by atoms with Crippen molar-refractivity contribution in [2.75, 3.05) is 5.73 Å². The van der Waals surface area contributed by atoms with Crippen LogP contribution in [0, 0.1) is 0 Å². The molecule has 2 aromatic rings. The lowest BCUT2D eigenvalue weighted by Crippen LogP contribution is -2.02. The number of carbonyl (C=O) groups is 1. The van der Waals surface area contributed by atoms with Gasteiger partial charge >= 0.3 is 5.97 Å². The number of hydrogen-bond donors (Lipinski definition) is 2. The summed E-state index contributed by atoms with van der Waals surface area (Å²) in [5.41, 5.74) is 7.58. The predicted octanol–water partition coefficient (Wildman–Crippen LogP) is 3.64. The Morgan fingerprint density at radius 3 is 2.40 bits per heavy atom. The molecule has 0 unspecified atom stereocenters. The smallest absolute Gasteiger partial charge is 0.354 e. The largest absolute Gasteiger partial charge is 0.477 e. The molecule has 0 bridgehead atoms.